The van der Waals surface area contributed by atoms with E-state index in [1.54, 1.807) is 31.2 Å². The zero-order chi connectivity index (χ0) is 14.0. The number of hydrogen-bond acceptors (Lipinski definition) is 3. The van der Waals surface area contributed by atoms with Crippen LogP contribution in [0, 0.1) is 12.8 Å². The molecule has 2 atom stereocenters. The van der Waals surface area contributed by atoms with E-state index in [0.717, 1.165) is 0 Å². The van der Waals surface area contributed by atoms with Crippen LogP contribution >= 0.6 is 0 Å². The zero-order valence-corrected chi connectivity index (χ0v) is 11.5. The standard InChI is InChI=1S/C13H17NO4S/c1-9-4-2-3-5-12(9)19(17,18)14-11-7-6-10(8-11)13(15)16/h2-5,10-11,14H,6-8H2,1H3,(H,15,16)/t10-,11+/m1/s1. The van der Waals surface area contributed by atoms with Crippen LogP contribution in [0.5, 0.6) is 0 Å². The van der Waals surface area contributed by atoms with Crippen LogP contribution < -0.4 is 4.72 Å². The van der Waals surface area contributed by atoms with Crippen molar-refractivity contribution in [3.05, 3.63) is 29.8 Å². The molecule has 0 bridgehead atoms. The number of rotatable bonds is 4. The van der Waals surface area contributed by atoms with E-state index in [1.807, 2.05) is 0 Å². The van der Waals surface area contributed by atoms with Crippen molar-refractivity contribution >= 4 is 16.0 Å². The van der Waals surface area contributed by atoms with Gasteiger partial charge in [-0.3, -0.25) is 4.79 Å². The lowest BCUT2D eigenvalue weighted by Crippen LogP contribution is -2.33. The fraction of sp³-hybridized carbons (Fsp3) is 0.462. The molecule has 1 fully saturated rings. The van der Waals surface area contributed by atoms with E-state index in [1.165, 1.54) is 0 Å². The highest BCUT2D eigenvalue weighted by molar-refractivity contribution is 7.89. The van der Waals surface area contributed by atoms with E-state index in [4.69, 9.17) is 5.11 Å². The molecule has 104 valence electrons. The first-order valence-corrected chi connectivity index (χ1v) is 7.69. The number of nitrogens with one attached hydrogen (secondary N) is 1. The summed E-state index contributed by atoms with van der Waals surface area (Å²) < 4.78 is 27.1. The Kier molecular flexibility index (Phi) is 3.91. The van der Waals surface area contributed by atoms with E-state index in [-0.39, 0.29) is 10.9 Å². The van der Waals surface area contributed by atoms with E-state index in [0.29, 0.717) is 24.8 Å². The van der Waals surface area contributed by atoms with Gasteiger partial charge in [0.15, 0.2) is 0 Å². The normalized spacial score (nSPS) is 23.4. The molecular formula is C13H17NO4S. The van der Waals surface area contributed by atoms with Crippen molar-refractivity contribution in [3.8, 4) is 0 Å². The lowest BCUT2D eigenvalue weighted by molar-refractivity contribution is -0.141. The lowest BCUT2D eigenvalue weighted by Gasteiger charge is -2.14. The van der Waals surface area contributed by atoms with Gasteiger partial charge in [-0.05, 0) is 37.8 Å². The summed E-state index contributed by atoms with van der Waals surface area (Å²) >= 11 is 0. The molecule has 1 saturated carbocycles. The molecule has 5 nitrogen and oxygen atoms in total. The van der Waals surface area contributed by atoms with Gasteiger partial charge in [-0.25, -0.2) is 13.1 Å². The van der Waals surface area contributed by atoms with E-state index in [2.05, 4.69) is 4.72 Å². The zero-order valence-electron chi connectivity index (χ0n) is 10.7. The summed E-state index contributed by atoms with van der Waals surface area (Å²) in [6.45, 7) is 1.74. The number of hydrogen-bond donors (Lipinski definition) is 2. The molecule has 0 amide bonds. The fourth-order valence-corrected chi connectivity index (χ4v) is 3.98. The first kappa shape index (κ1) is 14.0. The van der Waals surface area contributed by atoms with Crippen molar-refractivity contribution in [2.75, 3.05) is 0 Å². The van der Waals surface area contributed by atoms with Crippen molar-refractivity contribution in [1.29, 1.82) is 0 Å². The van der Waals surface area contributed by atoms with Crippen LogP contribution in [0.3, 0.4) is 0 Å². The first-order valence-electron chi connectivity index (χ1n) is 6.21. The second kappa shape index (κ2) is 5.30. The fourth-order valence-electron chi connectivity index (χ4n) is 2.45. The SMILES string of the molecule is Cc1ccccc1S(=O)(=O)N[C@H]1CC[C@@H](C(=O)O)C1. The average molecular weight is 283 g/mol. The maximum absolute atomic E-state index is 12.2. The van der Waals surface area contributed by atoms with Crippen LogP contribution in [0.4, 0.5) is 0 Å². The van der Waals surface area contributed by atoms with Crippen LogP contribution in [-0.2, 0) is 14.8 Å². The topological polar surface area (TPSA) is 83.5 Å². The van der Waals surface area contributed by atoms with Gasteiger partial charge in [0.25, 0.3) is 0 Å². The minimum atomic E-state index is -3.57. The second-order valence-electron chi connectivity index (χ2n) is 4.93. The van der Waals surface area contributed by atoms with Gasteiger partial charge in [0, 0.05) is 6.04 Å². The van der Waals surface area contributed by atoms with Gasteiger partial charge < -0.3 is 5.11 Å². The Morgan fingerprint density at radius 3 is 2.58 bits per heavy atom. The van der Waals surface area contributed by atoms with Crippen LogP contribution in [0.15, 0.2) is 29.2 Å². The number of aliphatic carboxylic acids is 1. The molecular weight excluding hydrogens is 266 g/mol. The molecule has 1 aromatic rings. The minimum absolute atomic E-state index is 0.258. The number of carboxylic acids is 1. The summed E-state index contributed by atoms with van der Waals surface area (Å²) in [4.78, 5) is 11.1. The number of carboxylic acid groups (broad SMARTS) is 1. The Hall–Kier alpha value is -1.40. The van der Waals surface area contributed by atoms with Crippen molar-refractivity contribution in [3.63, 3.8) is 0 Å². The van der Waals surface area contributed by atoms with Gasteiger partial charge in [0.2, 0.25) is 10.0 Å². The highest BCUT2D eigenvalue weighted by atomic mass is 32.2. The summed E-state index contributed by atoms with van der Waals surface area (Å²) in [5, 5.41) is 8.91. The minimum Gasteiger partial charge on any atom is -0.481 e. The number of aryl methyl sites for hydroxylation is 1. The quantitative estimate of drug-likeness (QED) is 0.877. The van der Waals surface area contributed by atoms with Gasteiger partial charge in [-0.2, -0.15) is 0 Å². The van der Waals surface area contributed by atoms with Crippen molar-refractivity contribution in [2.24, 2.45) is 5.92 Å². The molecule has 1 aliphatic rings. The summed E-state index contributed by atoms with van der Waals surface area (Å²) in [6, 6.07) is 6.47. The summed E-state index contributed by atoms with van der Waals surface area (Å²) in [6.07, 6.45) is 1.46. The Labute approximate surface area is 112 Å². The van der Waals surface area contributed by atoms with Gasteiger partial charge in [-0.15, -0.1) is 0 Å². The average Bonchev–Trinajstić information content (AvgIpc) is 2.77. The summed E-state index contributed by atoms with van der Waals surface area (Å²) in [5.74, 6) is -1.29. The second-order valence-corrected chi connectivity index (χ2v) is 6.61. The molecule has 0 saturated heterocycles. The summed E-state index contributed by atoms with van der Waals surface area (Å²) in [5.41, 5.74) is 0.683. The molecule has 19 heavy (non-hydrogen) atoms. The van der Waals surface area contributed by atoms with E-state index in [9.17, 15) is 13.2 Å². The van der Waals surface area contributed by atoms with Gasteiger partial charge in [0.1, 0.15) is 0 Å². The third-order valence-electron chi connectivity index (χ3n) is 3.49. The van der Waals surface area contributed by atoms with Crippen LogP contribution in [-0.4, -0.2) is 25.5 Å². The largest absolute Gasteiger partial charge is 0.481 e. The molecule has 6 heteroatoms. The molecule has 0 spiro atoms. The van der Waals surface area contributed by atoms with E-state index >= 15 is 0 Å². The predicted octanol–water partition coefficient (Wildman–Crippen LogP) is 1.53. The third kappa shape index (κ3) is 3.13. The Bertz CT molecular complexity index is 582. The molecule has 1 aromatic carbocycles. The Morgan fingerprint density at radius 1 is 1.32 bits per heavy atom. The van der Waals surface area contributed by atoms with Crippen molar-refractivity contribution in [2.45, 2.75) is 37.1 Å². The molecule has 0 aliphatic heterocycles. The van der Waals surface area contributed by atoms with Crippen LogP contribution in [0.25, 0.3) is 0 Å². The van der Waals surface area contributed by atoms with Crippen LogP contribution in [0.2, 0.25) is 0 Å². The predicted molar refractivity (Wildman–Crippen MR) is 70.3 cm³/mol. The van der Waals surface area contributed by atoms with Crippen molar-refractivity contribution < 1.29 is 18.3 Å². The first-order chi connectivity index (χ1) is 8.90. The Morgan fingerprint density at radius 2 is 2.00 bits per heavy atom. The lowest BCUT2D eigenvalue weighted by atomic mass is 10.1. The van der Waals surface area contributed by atoms with Crippen molar-refractivity contribution in [1.82, 2.24) is 4.72 Å². The van der Waals surface area contributed by atoms with Crippen LogP contribution in [0.1, 0.15) is 24.8 Å². The highest BCUT2D eigenvalue weighted by Crippen LogP contribution is 2.27. The molecule has 2 rings (SSSR count). The molecule has 2 N–H and O–H groups in total. The number of carbonyl (C=O) groups is 1. The highest BCUT2D eigenvalue weighted by Gasteiger charge is 2.32. The monoisotopic (exact) mass is 283 g/mol. The maximum atomic E-state index is 12.2. The molecule has 0 aromatic heterocycles. The number of benzene rings is 1. The van der Waals surface area contributed by atoms with E-state index < -0.39 is 21.9 Å². The molecule has 0 radical (unpaired) electrons. The van der Waals surface area contributed by atoms with Gasteiger partial charge >= 0.3 is 5.97 Å². The van der Waals surface area contributed by atoms with Gasteiger partial charge in [-0.1, -0.05) is 18.2 Å². The summed E-state index contributed by atoms with van der Waals surface area (Å²) in [7, 11) is -3.57. The smallest absolute Gasteiger partial charge is 0.306 e. The van der Waals surface area contributed by atoms with Gasteiger partial charge in [0.05, 0.1) is 10.8 Å². The molecule has 0 heterocycles. The third-order valence-corrected chi connectivity index (χ3v) is 5.17. The molecule has 0 unspecified atom stereocenters. The maximum Gasteiger partial charge on any atom is 0.306 e. The number of sulfonamides is 1. The Balaban J connectivity index is 2.11. The molecule has 1 aliphatic carbocycles.